The van der Waals surface area contributed by atoms with Crippen LogP contribution < -0.4 is 4.74 Å². The van der Waals surface area contributed by atoms with Crippen LogP contribution in [0.1, 0.15) is 25.2 Å². The number of aromatic nitrogens is 3. The van der Waals surface area contributed by atoms with Crippen LogP contribution in [0.2, 0.25) is 0 Å². The maximum atomic E-state index is 5.23. The van der Waals surface area contributed by atoms with E-state index in [9.17, 15) is 0 Å². The van der Waals surface area contributed by atoms with Crippen LogP contribution >= 0.6 is 11.8 Å². The first-order valence-electron chi connectivity index (χ1n) is 6.46. The quantitative estimate of drug-likeness (QED) is 0.760. The Balaban J connectivity index is 2.07. The highest BCUT2D eigenvalue weighted by Gasteiger charge is 2.09. The average molecular weight is 277 g/mol. The molecule has 1 aromatic carbocycles. The first kappa shape index (κ1) is 13.9. The van der Waals surface area contributed by atoms with Crippen LogP contribution in [0, 0.1) is 0 Å². The second-order valence-electron chi connectivity index (χ2n) is 4.14. The largest absolute Gasteiger partial charge is 0.497 e. The highest BCUT2D eigenvalue weighted by atomic mass is 32.2. The molecule has 0 bridgehead atoms. The molecule has 4 nitrogen and oxygen atoms in total. The van der Waals surface area contributed by atoms with E-state index in [4.69, 9.17) is 4.74 Å². The summed E-state index contributed by atoms with van der Waals surface area (Å²) in [5.74, 6) is 2.82. The lowest BCUT2D eigenvalue weighted by Crippen LogP contribution is -2.02. The van der Waals surface area contributed by atoms with Gasteiger partial charge in [0.1, 0.15) is 11.6 Å². The van der Waals surface area contributed by atoms with Gasteiger partial charge in [0.25, 0.3) is 0 Å². The van der Waals surface area contributed by atoms with Crippen molar-refractivity contribution >= 4 is 11.8 Å². The number of methoxy groups -OCH3 is 1. The van der Waals surface area contributed by atoms with E-state index in [1.165, 1.54) is 5.56 Å². The molecule has 1 heterocycles. The van der Waals surface area contributed by atoms with Gasteiger partial charge in [0, 0.05) is 18.7 Å². The minimum atomic E-state index is 0.874. The maximum absolute atomic E-state index is 5.23. The number of hydrogen-bond acceptors (Lipinski definition) is 4. The molecule has 0 saturated heterocycles. The zero-order valence-electron chi connectivity index (χ0n) is 11.6. The van der Waals surface area contributed by atoms with Crippen molar-refractivity contribution in [2.75, 3.05) is 7.11 Å². The summed E-state index contributed by atoms with van der Waals surface area (Å²) in [7, 11) is 1.69. The molecule has 0 aliphatic rings. The van der Waals surface area contributed by atoms with Gasteiger partial charge in [0.2, 0.25) is 0 Å². The van der Waals surface area contributed by atoms with Gasteiger partial charge in [-0.15, -0.1) is 10.2 Å². The first-order valence-corrected chi connectivity index (χ1v) is 7.44. The van der Waals surface area contributed by atoms with Gasteiger partial charge in [-0.05, 0) is 24.6 Å². The summed E-state index contributed by atoms with van der Waals surface area (Å²) in [5.41, 5.74) is 1.23. The van der Waals surface area contributed by atoms with Crippen LogP contribution in [0.3, 0.4) is 0 Å². The van der Waals surface area contributed by atoms with Crippen LogP contribution in [0.5, 0.6) is 5.75 Å². The number of hydrogen-bond donors (Lipinski definition) is 0. The zero-order chi connectivity index (χ0) is 13.7. The molecule has 102 valence electrons. The first-order chi connectivity index (χ1) is 9.28. The number of nitrogens with zero attached hydrogens (tertiary/aromatic N) is 3. The van der Waals surface area contributed by atoms with Crippen molar-refractivity contribution in [1.29, 1.82) is 0 Å². The Morgan fingerprint density at radius 3 is 2.79 bits per heavy atom. The Kier molecular flexibility index (Phi) is 4.85. The number of ether oxygens (including phenoxy) is 1. The van der Waals surface area contributed by atoms with Crippen molar-refractivity contribution in [3.8, 4) is 5.75 Å². The van der Waals surface area contributed by atoms with Crippen LogP contribution in [0.25, 0.3) is 0 Å². The van der Waals surface area contributed by atoms with Crippen LogP contribution in [0.4, 0.5) is 0 Å². The second-order valence-corrected chi connectivity index (χ2v) is 5.08. The van der Waals surface area contributed by atoms with Gasteiger partial charge in [0.15, 0.2) is 5.16 Å². The molecule has 0 aliphatic heterocycles. The molecule has 0 unspecified atom stereocenters. The van der Waals surface area contributed by atoms with Crippen molar-refractivity contribution in [2.24, 2.45) is 0 Å². The summed E-state index contributed by atoms with van der Waals surface area (Å²) >= 11 is 1.71. The van der Waals surface area contributed by atoms with E-state index in [2.05, 4.69) is 40.7 Å². The molecule has 5 heteroatoms. The summed E-state index contributed by atoms with van der Waals surface area (Å²) in [5, 5.41) is 9.47. The molecule has 0 spiro atoms. The van der Waals surface area contributed by atoms with Crippen molar-refractivity contribution < 1.29 is 4.74 Å². The van der Waals surface area contributed by atoms with Crippen LogP contribution in [-0.2, 0) is 18.7 Å². The summed E-state index contributed by atoms with van der Waals surface area (Å²) < 4.78 is 7.40. The smallest absolute Gasteiger partial charge is 0.191 e. The molecule has 2 rings (SSSR count). The summed E-state index contributed by atoms with van der Waals surface area (Å²) in [4.78, 5) is 0. The van der Waals surface area contributed by atoms with E-state index in [1.807, 2.05) is 12.1 Å². The highest BCUT2D eigenvalue weighted by molar-refractivity contribution is 7.98. The lowest BCUT2D eigenvalue weighted by atomic mass is 10.2. The topological polar surface area (TPSA) is 39.9 Å². The Morgan fingerprint density at radius 1 is 1.26 bits per heavy atom. The monoisotopic (exact) mass is 277 g/mol. The van der Waals surface area contributed by atoms with Gasteiger partial charge >= 0.3 is 0 Å². The predicted octanol–water partition coefficient (Wildman–Crippen LogP) is 3.16. The summed E-state index contributed by atoms with van der Waals surface area (Å²) in [6.45, 7) is 5.14. The number of benzene rings is 1. The van der Waals surface area contributed by atoms with Gasteiger partial charge in [-0.3, -0.25) is 0 Å². The minimum absolute atomic E-state index is 0.874. The van der Waals surface area contributed by atoms with E-state index in [0.717, 1.165) is 35.4 Å². The number of aryl methyl sites for hydroxylation is 1. The molecule has 19 heavy (non-hydrogen) atoms. The van der Waals surface area contributed by atoms with Crippen molar-refractivity contribution in [3.05, 3.63) is 35.7 Å². The predicted molar refractivity (Wildman–Crippen MR) is 77.6 cm³/mol. The third-order valence-electron chi connectivity index (χ3n) is 2.93. The van der Waals surface area contributed by atoms with Gasteiger partial charge in [-0.1, -0.05) is 30.8 Å². The number of thioether (sulfide) groups is 1. The zero-order valence-corrected chi connectivity index (χ0v) is 12.4. The molecule has 0 N–H and O–H groups in total. The number of rotatable bonds is 6. The molecule has 0 saturated carbocycles. The van der Waals surface area contributed by atoms with Crippen LogP contribution in [-0.4, -0.2) is 21.9 Å². The molecule has 0 aliphatic carbocycles. The van der Waals surface area contributed by atoms with Gasteiger partial charge in [0.05, 0.1) is 7.11 Å². The Hall–Kier alpha value is -1.49. The fourth-order valence-electron chi connectivity index (χ4n) is 1.92. The van der Waals surface area contributed by atoms with Gasteiger partial charge in [-0.2, -0.15) is 0 Å². The van der Waals surface area contributed by atoms with Crippen molar-refractivity contribution in [1.82, 2.24) is 14.8 Å². The third-order valence-corrected chi connectivity index (χ3v) is 3.97. The van der Waals surface area contributed by atoms with E-state index in [0.29, 0.717) is 0 Å². The average Bonchev–Trinajstić information content (AvgIpc) is 2.87. The second kappa shape index (κ2) is 6.61. The van der Waals surface area contributed by atoms with Gasteiger partial charge in [-0.25, -0.2) is 0 Å². The highest BCUT2D eigenvalue weighted by Crippen LogP contribution is 2.24. The van der Waals surface area contributed by atoms with E-state index >= 15 is 0 Å². The molecule has 2 aromatic rings. The Labute approximate surface area is 118 Å². The van der Waals surface area contributed by atoms with Gasteiger partial charge < -0.3 is 9.30 Å². The Bertz CT molecular complexity index is 539. The maximum Gasteiger partial charge on any atom is 0.191 e. The summed E-state index contributed by atoms with van der Waals surface area (Å²) in [6.07, 6.45) is 0.917. The lowest BCUT2D eigenvalue weighted by Gasteiger charge is -2.06. The third kappa shape index (κ3) is 3.29. The Morgan fingerprint density at radius 2 is 2.11 bits per heavy atom. The summed E-state index contributed by atoms with van der Waals surface area (Å²) in [6, 6.07) is 8.12. The molecule has 1 aromatic heterocycles. The van der Waals surface area contributed by atoms with E-state index in [-0.39, 0.29) is 0 Å². The van der Waals surface area contributed by atoms with Crippen LogP contribution in [0.15, 0.2) is 29.4 Å². The standard InChI is InChI=1S/C14H19N3OS/c1-4-13-15-16-14(17(13)5-2)19-10-11-7-6-8-12(9-11)18-3/h6-9H,4-5,10H2,1-3H3. The fraction of sp³-hybridized carbons (Fsp3) is 0.429. The molecule has 0 fully saturated rings. The van der Waals surface area contributed by atoms with Crippen molar-refractivity contribution in [3.63, 3.8) is 0 Å². The molecule has 0 atom stereocenters. The minimum Gasteiger partial charge on any atom is -0.497 e. The normalized spacial score (nSPS) is 10.7. The molecular weight excluding hydrogens is 258 g/mol. The molecule has 0 radical (unpaired) electrons. The van der Waals surface area contributed by atoms with E-state index in [1.54, 1.807) is 18.9 Å². The molecular formula is C14H19N3OS. The fourth-order valence-corrected chi connectivity index (χ4v) is 2.88. The lowest BCUT2D eigenvalue weighted by molar-refractivity contribution is 0.414. The SMILES string of the molecule is CCc1nnc(SCc2cccc(OC)c2)n1CC. The molecule has 0 amide bonds. The van der Waals surface area contributed by atoms with E-state index < -0.39 is 0 Å². The van der Waals surface area contributed by atoms with Crippen molar-refractivity contribution in [2.45, 2.75) is 37.7 Å².